The van der Waals surface area contributed by atoms with Crippen LogP contribution in [0.5, 0.6) is 0 Å². The van der Waals surface area contributed by atoms with Crippen molar-refractivity contribution in [1.82, 2.24) is 20.1 Å². The average molecular weight is 452 g/mol. The van der Waals surface area contributed by atoms with E-state index in [1.807, 2.05) is 45.2 Å². The number of nitrogens with one attached hydrogen (secondary N) is 3. The fourth-order valence-electron chi connectivity index (χ4n) is 4.19. The number of benzene rings is 1. The first-order valence-corrected chi connectivity index (χ1v) is 10.9. The summed E-state index contributed by atoms with van der Waals surface area (Å²) in [5.74, 6) is -0.230. The molecule has 9 nitrogen and oxygen atoms in total. The van der Waals surface area contributed by atoms with Crippen LogP contribution in [0.25, 0.3) is 10.9 Å². The van der Waals surface area contributed by atoms with Crippen LogP contribution in [-0.2, 0) is 7.05 Å². The van der Waals surface area contributed by atoms with Gasteiger partial charge in [-0.3, -0.25) is 4.68 Å². The lowest BCUT2D eigenvalue weighted by Crippen LogP contribution is -2.47. The van der Waals surface area contributed by atoms with Gasteiger partial charge in [0.15, 0.2) is 17.5 Å². The van der Waals surface area contributed by atoms with Crippen molar-refractivity contribution in [3.8, 4) is 6.07 Å². The van der Waals surface area contributed by atoms with Crippen molar-refractivity contribution < 1.29 is 14.3 Å². The minimum absolute atomic E-state index is 0.0160. The Labute approximate surface area is 190 Å². The van der Waals surface area contributed by atoms with Crippen LogP contribution in [0.4, 0.5) is 26.5 Å². The maximum Gasteiger partial charge on any atom is 0.404 e. The lowest BCUT2D eigenvalue weighted by molar-refractivity contribution is 0.187. The van der Waals surface area contributed by atoms with Gasteiger partial charge in [0, 0.05) is 18.1 Å². The molecule has 1 aliphatic carbocycles. The van der Waals surface area contributed by atoms with Crippen molar-refractivity contribution >= 4 is 34.3 Å². The smallest absolute Gasteiger partial charge is 0.404 e. The summed E-state index contributed by atoms with van der Waals surface area (Å²) in [6.45, 7) is 3.79. The van der Waals surface area contributed by atoms with E-state index in [9.17, 15) is 19.6 Å². The van der Waals surface area contributed by atoms with Crippen molar-refractivity contribution in [1.29, 1.82) is 5.26 Å². The summed E-state index contributed by atoms with van der Waals surface area (Å²) in [6, 6.07) is 8.11. The van der Waals surface area contributed by atoms with Crippen LogP contribution in [0, 0.1) is 30.0 Å². The number of carbonyl (C=O) groups is 1. The molecule has 0 radical (unpaired) electrons. The number of aromatic nitrogens is 3. The molecule has 0 unspecified atom stereocenters. The topological polar surface area (TPSA) is 128 Å². The number of halogens is 1. The second-order valence-electron chi connectivity index (χ2n) is 8.36. The zero-order valence-electron chi connectivity index (χ0n) is 18.7. The van der Waals surface area contributed by atoms with E-state index in [0.717, 1.165) is 35.5 Å². The highest BCUT2D eigenvalue weighted by molar-refractivity contribution is 5.86. The molecule has 1 saturated carbocycles. The van der Waals surface area contributed by atoms with Crippen LogP contribution in [0.15, 0.2) is 24.3 Å². The molecule has 4 N–H and O–H groups in total. The Morgan fingerprint density at radius 3 is 2.76 bits per heavy atom. The molecule has 0 saturated heterocycles. The van der Waals surface area contributed by atoms with Gasteiger partial charge in [0.2, 0.25) is 0 Å². The average Bonchev–Trinajstić information content (AvgIpc) is 3.58. The van der Waals surface area contributed by atoms with Crippen molar-refractivity contribution in [3.05, 3.63) is 41.3 Å². The molecule has 2 atom stereocenters. The predicted octanol–water partition coefficient (Wildman–Crippen LogP) is 4.27. The van der Waals surface area contributed by atoms with E-state index in [1.165, 1.54) is 0 Å². The van der Waals surface area contributed by atoms with Gasteiger partial charge in [0.1, 0.15) is 6.07 Å². The van der Waals surface area contributed by atoms with Gasteiger partial charge in [-0.05, 0) is 56.4 Å². The van der Waals surface area contributed by atoms with Crippen LogP contribution >= 0.6 is 0 Å². The molecule has 4 rings (SSSR count). The number of nitrogens with zero attached hydrogens (tertiary/aromatic N) is 4. The fraction of sp³-hybridized carbons (Fsp3) is 0.391. The lowest BCUT2D eigenvalue weighted by atomic mass is 10.0. The Morgan fingerprint density at radius 2 is 2.12 bits per heavy atom. The summed E-state index contributed by atoms with van der Waals surface area (Å²) in [4.78, 5) is 15.6. The summed E-state index contributed by atoms with van der Waals surface area (Å²) in [7, 11) is 1.87. The number of amides is 1. The van der Waals surface area contributed by atoms with Gasteiger partial charge in [-0.1, -0.05) is 6.92 Å². The number of carboxylic acid groups (broad SMARTS) is 1. The van der Waals surface area contributed by atoms with E-state index < -0.39 is 11.9 Å². The Hall–Kier alpha value is -3.87. The standard InChI is InChI=1S/C23H26FN7O2/c1-4-18(27-23(32)33)20(13-5-6-13)28-22-17(24)9-14(11-25)21(29-22)26-15-7-8-19-16(10-15)12(2)30-31(19)3/h7-10,13,18,20,27H,4-6H2,1-3H3,(H,32,33)(H2,26,28,29)/t18-,20-/m0/s1. The van der Waals surface area contributed by atoms with E-state index in [4.69, 9.17) is 0 Å². The van der Waals surface area contributed by atoms with Gasteiger partial charge in [-0.25, -0.2) is 14.2 Å². The quantitative estimate of drug-likeness (QED) is 0.403. The molecule has 2 aromatic heterocycles. The van der Waals surface area contributed by atoms with Crippen LogP contribution < -0.4 is 16.0 Å². The van der Waals surface area contributed by atoms with E-state index in [0.29, 0.717) is 12.1 Å². The van der Waals surface area contributed by atoms with Gasteiger partial charge in [0.25, 0.3) is 0 Å². The summed E-state index contributed by atoms with van der Waals surface area (Å²) in [5, 5.41) is 32.8. The molecule has 2 heterocycles. The zero-order chi connectivity index (χ0) is 23.7. The van der Waals surface area contributed by atoms with Crippen molar-refractivity contribution in [2.75, 3.05) is 10.6 Å². The third-order valence-corrected chi connectivity index (χ3v) is 6.01. The summed E-state index contributed by atoms with van der Waals surface area (Å²) >= 11 is 0. The maximum atomic E-state index is 14.8. The minimum Gasteiger partial charge on any atom is -0.465 e. The third kappa shape index (κ3) is 4.67. The first kappa shape index (κ1) is 22.3. The number of fused-ring (bicyclic) bond motifs is 1. The predicted molar refractivity (Wildman–Crippen MR) is 123 cm³/mol. The Kier molecular flexibility index (Phi) is 6.05. The first-order chi connectivity index (χ1) is 15.8. The van der Waals surface area contributed by atoms with Gasteiger partial charge >= 0.3 is 6.09 Å². The first-order valence-electron chi connectivity index (χ1n) is 10.9. The fourth-order valence-corrected chi connectivity index (χ4v) is 4.19. The highest BCUT2D eigenvalue weighted by Crippen LogP contribution is 2.37. The van der Waals surface area contributed by atoms with Crippen LogP contribution in [0.1, 0.15) is 37.4 Å². The van der Waals surface area contributed by atoms with Crippen molar-refractivity contribution in [2.24, 2.45) is 13.0 Å². The monoisotopic (exact) mass is 451 g/mol. The normalized spacial score (nSPS) is 15.0. The molecule has 10 heteroatoms. The number of rotatable bonds is 8. The molecule has 0 bridgehead atoms. The van der Waals surface area contributed by atoms with E-state index in [1.54, 1.807) is 4.68 Å². The molecule has 0 aliphatic heterocycles. The highest BCUT2D eigenvalue weighted by Gasteiger charge is 2.37. The summed E-state index contributed by atoms with van der Waals surface area (Å²) < 4.78 is 16.6. The molecule has 1 aromatic carbocycles. The van der Waals surface area contributed by atoms with E-state index in [2.05, 4.69) is 26.0 Å². The molecule has 172 valence electrons. The molecule has 1 fully saturated rings. The van der Waals surface area contributed by atoms with Gasteiger partial charge < -0.3 is 21.1 Å². The maximum absolute atomic E-state index is 14.8. The van der Waals surface area contributed by atoms with Gasteiger partial charge in [-0.2, -0.15) is 10.4 Å². The Bertz CT molecular complexity index is 1250. The van der Waals surface area contributed by atoms with Crippen LogP contribution in [0.3, 0.4) is 0 Å². The lowest BCUT2D eigenvalue weighted by Gasteiger charge is -2.28. The third-order valence-electron chi connectivity index (χ3n) is 6.01. The second kappa shape index (κ2) is 8.94. The number of nitriles is 1. The van der Waals surface area contributed by atoms with E-state index >= 15 is 0 Å². The Morgan fingerprint density at radius 1 is 1.36 bits per heavy atom. The number of pyridine rings is 1. The van der Waals surface area contributed by atoms with Crippen molar-refractivity contribution in [3.63, 3.8) is 0 Å². The molecular weight excluding hydrogens is 425 g/mol. The number of hydrogen-bond donors (Lipinski definition) is 4. The number of hydrogen-bond acceptors (Lipinski definition) is 6. The molecule has 1 amide bonds. The zero-order valence-corrected chi connectivity index (χ0v) is 18.7. The minimum atomic E-state index is -1.12. The van der Waals surface area contributed by atoms with Gasteiger partial charge in [-0.15, -0.1) is 0 Å². The van der Waals surface area contributed by atoms with Crippen LogP contribution in [0.2, 0.25) is 0 Å². The van der Waals surface area contributed by atoms with E-state index in [-0.39, 0.29) is 35.2 Å². The largest absolute Gasteiger partial charge is 0.465 e. The number of anilines is 3. The molecule has 33 heavy (non-hydrogen) atoms. The molecular formula is C23H26FN7O2. The Balaban J connectivity index is 1.65. The van der Waals surface area contributed by atoms with Gasteiger partial charge in [0.05, 0.1) is 28.9 Å². The second-order valence-corrected chi connectivity index (χ2v) is 8.36. The number of aryl methyl sites for hydroxylation is 2. The summed E-state index contributed by atoms with van der Waals surface area (Å²) in [6.07, 6.45) is 1.30. The molecule has 3 aromatic rings. The highest BCUT2D eigenvalue weighted by atomic mass is 19.1. The van der Waals surface area contributed by atoms with Crippen LogP contribution in [-0.4, -0.2) is 38.0 Å². The molecule has 0 spiro atoms. The van der Waals surface area contributed by atoms with Crippen molar-refractivity contribution in [2.45, 2.75) is 45.2 Å². The summed E-state index contributed by atoms with van der Waals surface area (Å²) in [5.41, 5.74) is 2.60. The molecule has 1 aliphatic rings. The SMILES string of the molecule is CC[C@H](NC(=O)O)[C@@H](Nc1nc(Nc2ccc3c(c2)c(C)nn3C)c(C#N)cc1F)C1CC1.